The lowest BCUT2D eigenvalue weighted by atomic mass is 9.75. The summed E-state index contributed by atoms with van der Waals surface area (Å²) in [6.45, 7) is 6.45. The smallest absolute Gasteiger partial charge is 0.0162 e. The largest absolute Gasteiger partial charge is 0.329 e. The highest BCUT2D eigenvalue weighted by atomic mass is 14.9. The minimum Gasteiger partial charge on any atom is -0.329 e. The van der Waals surface area contributed by atoms with Crippen molar-refractivity contribution in [2.45, 2.75) is 52.0 Å². The second-order valence-electron chi connectivity index (χ2n) is 4.89. The molecule has 3 N–H and O–H groups in total. The summed E-state index contributed by atoms with van der Waals surface area (Å²) in [5.74, 6) is 0. The van der Waals surface area contributed by atoms with Crippen molar-refractivity contribution in [3.05, 3.63) is 0 Å². The highest BCUT2D eigenvalue weighted by Gasteiger charge is 2.26. The SMILES string of the molecule is C[C@H](CN)NCC1(C)CCCCC1. The molecule has 0 radical (unpaired) electrons. The second-order valence-corrected chi connectivity index (χ2v) is 4.89. The van der Waals surface area contributed by atoms with E-state index in [2.05, 4.69) is 19.2 Å². The zero-order valence-electron chi connectivity index (χ0n) is 9.10. The predicted octanol–water partition coefficient (Wildman–Crippen LogP) is 1.89. The summed E-state index contributed by atoms with van der Waals surface area (Å²) in [5, 5.41) is 3.52. The molecule has 13 heavy (non-hydrogen) atoms. The lowest BCUT2D eigenvalue weighted by molar-refractivity contribution is 0.202. The van der Waals surface area contributed by atoms with E-state index >= 15 is 0 Å². The molecule has 0 aromatic heterocycles. The van der Waals surface area contributed by atoms with E-state index < -0.39 is 0 Å². The van der Waals surface area contributed by atoms with Crippen molar-refractivity contribution in [3.63, 3.8) is 0 Å². The van der Waals surface area contributed by atoms with Crippen LogP contribution in [0.3, 0.4) is 0 Å². The first kappa shape index (κ1) is 11.0. The molecule has 0 aromatic carbocycles. The average molecular weight is 184 g/mol. The molecule has 1 saturated carbocycles. The van der Waals surface area contributed by atoms with Gasteiger partial charge in [0.2, 0.25) is 0 Å². The van der Waals surface area contributed by atoms with Gasteiger partial charge in [-0.25, -0.2) is 0 Å². The Balaban J connectivity index is 2.24. The summed E-state index contributed by atoms with van der Waals surface area (Å²) in [4.78, 5) is 0. The molecule has 0 aliphatic heterocycles. The highest BCUT2D eigenvalue weighted by molar-refractivity contribution is 4.81. The Kier molecular flexibility index (Phi) is 4.20. The molecule has 1 atom stereocenters. The van der Waals surface area contributed by atoms with Gasteiger partial charge in [-0.1, -0.05) is 26.2 Å². The summed E-state index contributed by atoms with van der Waals surface area (Å²) in [5.41, 5.74) is 6.11. The van der Waals surface area contributed by atoms with E-state index in [9.17, 15) is 0 Å². The van der Waals surface area contributed by atoms with Crippen LogP contribution in [0, 0.1) is 5.41 Å². The average Bonchev–Trinajstić information content (AvgIpc) is 2.15. The fourth-order valence-electron chi connectivity index (χ4n) is 2.09. The molecule has 0 heterocycles. The number of nitrogens with one attached hydrogen (secondary N) is 1. The second kappa shape index (κ2) is 4.97. The van der Waals surface area contributed by atoms with Crippen molar-refractivity contribution in [2.24, 2.45) is 11.1 Å². The molecule has 0 unspecified atom stereocenters. The van der Waals surface area contributed by atoms with Crippen LogP contribution < -0.4 is 11.1 Å². The summed E-state index contributed by atoms with van der Waals surface area (Å²) < 4.78 is 0. The van der Waals surface area contributed by atoms with E-state index in [-0.39, 0.29) is 0 Å². The quantitative estimate of drug-likeness (QED) is 0.700. The maximum absolute atomic E-state index is 5.57. The van der Waals surface area contributed by atoms with Crippen molar-refractivity contribution in [2.75, 3.05) is 13.1 Å². The Labute approximate surface area is 82.3 Å². The Bertz CT molecular complexity index is 139. The summed E-state index contributed by atoms with van der Waals surface area (Å²) in [7, 11) is 0. The topological polar surface area (TPSA) is 38.0 Å². The van der Waals surface area contributed by atoms with E-state index in [4.69, 9.17) is 5.73 Å². The minimum atomic E-state index is 0.471. The fourth-order valence-corrected chi connectivity index (χ4v) is 2.09. The molecule has 78 valence electrons. The molecule has 0 saturated heterocycles. The van der Waals surface area contributed by atoms with Crippen molar-refractivity contribution < 1.29 is 0 Å². The van der Waals surface area contributed by atoms with Gasteiger partial charge in [0, 0.05) is 19.1 Å². The first-order valence-electron chi connectivity index (χ1n) is 5.60. The molecular weight excluding hydrogens is 160 g/mol. The molecule has 2 nitrogen and oxygen atoms in total. The fraction of sp³-hybridized carbons (Fsp3) is 1.00. The minimum absolute atomic E-state index is 0.471. The Morgan fingerprint density at radius 3 is 2.46 bits per heavy atom. The third kappa shape index (κ3) is 3.65. The van der Waals surface area contributed by atoms with Gasteiger partial charge in [-0.2, -0.15) is 0 Å². The molecule has 1 rings (SSSR count). The first-order chi connectivity index (χ1) is 6.16. The van der Waals surface area contributed by atoms with Gasteiger partial charge in [0.15, 0.2) is 0 Å². The molecule has 0 bridgehead atoms. The van der Waals surface area contributed by atoms with Crippen LogP contribution in [0.15, 0.2) is 0 Å². The highest BCUT2D eigenvalue weighted by Crippen LogP contribution is 2.34. The molecule has 0 amide bonds. The third-order valence-electron chi connectivity index (χ3n) is 3.29. The van der Waals surface area contributed by atoms with Crippen LogP contribution in [-0.2, 0) is 0 Å². The standard InChI is InChI=1S/C11H24N2/c1-10(8-12)13-9-11(2)6-4-3-5-7-11/h10,13H,3-9,12H2,1-2H3/t10-/m1/s1. The maximum Gasteiger partial charge on any atom is 0.0162 e. The molecular formula is C11H24N2. The van der Waals surface area contributed by atoms with E-state index in [0.29, 0.717) is 11.5 Å². The molecule has 2 heteroatoms. The van der Waals surface area contributed by atoms with Gasteiger partial charge in [-0.15, -0.1) is 0 Å². The van der Waals surface area contributed by atoms with Crippen LogP contribution in [-0.4, -0.2) is 19.1 Å². The van der Waals surface area contributed by atoms with Crippen LogP contribution >= 0.6 is 0 Å². The van der Waals surface area contributed by atoms with E-state index in [1.54, 1.807) is 0 Å². The van der Waals surface area contributed by atoms with Gasteiger partial charge in [-0.3, -0.25) is 0 Å². The molecule has 1 aliphatic carbocycles. The van der Waals surface area contributed by atoms with Crippen LogP contribution in [0.4, 0.5) is 0 Å². The molecule has 0 spiro atoms. The van der Waals surface area contributed by atoms with Crippen LogP contribution in [0.1, 0.15) is 46.0 Å². The van der Waals surface area contributed by atoms with E-state index in [1.807, 2.05) is 0 Å². The van der Waals surface area contributed by atoms with Gasteiger partial charge in [0.1, 0.15) is 0 Å². The predicted molar refractivity (Wildman–Crippen MR) is 57.7 cm³/mol. The Morgan fingerprint density at radius 2 is 1.92 bits per heavy atom. The summed E-state index contributed by atoms with van der Waals surface area (Å²) in [6.07, 6.45) is 7.03. The van der Waals surface area contributed by atoms with E-state index in [1.165, 1.54) is 32.1 Å². The maximum atomic E-state index is 5.57. The zero-order valence-corrected chi connectivity index (χ0v) is 9.10. The first-order valence-corrected chi connectivity index (χ1v) is 5.60. The van der Waals surface area contributed by atoms with E-state index in [0.717, 1.165) is 13.1 Å². The molecule has 1 fully saturated rings. The summed E-state index contributed by atoms with van der Waals surface area (Å²) in [6, 6.07) is 0.471. The van der Waals surface area contributed by atoms with Gasteiger partial charge in [0.05, 0.1) is 0 Å². The van der Waals surface area contributed by atoms with Crippen molar-refractivity contribution >= 4 is 0 Å². The summed E-state index contributed by atoms with van der Waals surface area (Å²) >= 11 is 0. The van der Waals surface area contributed by atoms with Crippen molar-refractivity contribution in [1.82, 2.24) is 5.32 Å². The number of hydrogen-bond acceptors (Lipinski definition) is 2. The third-order valence-corrected chi connectivity index (χ3v) is 3.29. The van der Waals surface area contributed by atoms with Crippen LogP contribution in [0.25, 0.3) is 0 Å². The lowest BCUT2D eigenvalue weighted by Crippen LogP contribution is -2.41. The molecule has 1 aliphatic rings. The number of nitrogens with two attached hydrogens (primary N) is 1. The zero-order chi connectivity index (χ0) is 9.73. The van der Waals surface area contributed by atoms with Gasteiger partial charge < -0.3 is 11.1 Å². The van der Waals surface area contributed by atoms with Gasteiger partial charge >= 0.3 is 0 Å². The van der Waals surface area contributed by atoms with Gasteiger partial charge in [-0.05, 0) is 25.2 Å². The van der Waals surface area contributed by atoms with Crippen molar-refractivity contribution in [1.29, 1.82) is 0 Å². The Morgan fingerprint density at radius 1 is 1.31 bits per heavy atom. The lowest BCUT2D eigenvalue weighted by Gasteiger charge is -2.34. The normalized spacial score (nSPS) is 24.2. The monoisotopic (exact) mass is 184 g/mol. The van der Waals surface area contributed by atoms with Gasteiger partial charge in [0.25, 0.3) is 0 Å². The van der Waals surface area contributed by atoms with Crippen LogP contribution in [0.2, 0.25) is 0 Å². The van der Waals surface area contributed by atoms with Crippen LogP contribution in [0.5, 0.6) is 0 Å². The molecule has 0 aromatic rings. The Hall–Kier alpha value is -0.0800. The van der Waals surface area contributed by atoms with Crippen molar-refractivity contribution in [3.8, 4) is 0 Å². The number of rotatable bonds is 4. The number of hydrogen-bond donors (Lipinski definition) is 2.